The predicted molar refractivity (Wildman–Crippen MR) is 270 cm³/mol. The molecule has 0 heterocycles. The lowest BCUT2D eigenvalue weighted by molar-refractivity contribution is -0.114. The normalized spacial score (nSPS) is 43.3. The van der Waals surface area contributed by atoms with Crippen molar-refractivity contribution in [1.29, 1.82) is 0 Å². The number of rotatable bonds is 16. The van der Waals surface area contributed by atoms with E-state index in [1.165, 1.54) is 167 Å². The second-order valence-corrected chi connectivity index (χ2v) is 26.8. The first-order valence-corrected chi connectivity index (χ1v) is 28.6. The van der Waals surface area contributed by atoms with Gasteiger partial charge >= 0.3 is 0 Å². The second kappa shape index (κ2) is 19.1. The van der Waals surface area contributed by atoms with E-state index in [2.05, 4.69) is 55.4 Å². The minimum atomic E-state index is 0.467. The topological polar surface area (TPSA) is 70.5 Å². The molecule has 0 aromatic heterocycles. The Morgan fingerprint density at radius 1 is 0.500 bits per heavy atom. The molecule has 0 saturated heterocycles. The van der Waals surface area contributed by atoms with Gasteiger partial charge in [0, 0.05) is 11.8 Å². The Bertz CT molecular complexity index is 1730. The Kier molecular flexibility index (Phi) is 14.2. The summed E-state index contributed by atoms with van der Waals surface area (Å²) in [6.45, 7) is 22.3. The van der Waals surface area contributed by atoms with Gasteiger partial charge in [0.25, 0.3) is 0 Å². The first kappa shape index (κ1) is 47.5. The van der Waals surface area contributed by atoms with E-state index in [9.17, 15) is 0 Å². The Labute approximate surface area is 394 Å². The molecule has 4 heteroatoms. The number of hydrogen-bond donors (Lipinski definition) is 2. The van der Waals surface area contributed by atoms with Crippen molar-refractivity contribution < 1.29 is 9.47 Å². The number of hydrogen-bond acceptors (Lipinski definition) is 4. The first-order valence-electron chi connectivity index (χ1n) is 28.6. The molecule has 0 radical (unpaired) electrons. The summed E-state index contributed by atoms with van der Waals surface area (Å²) in [4.78, 5) is 0. The summed E-state index contributed by atoms with van der Waals surface area (Å²) in [6, 6.07) is 3.77. The predicted octanol–water partition coefficient (Wildman–Crippen LogP) is 16.6. The molecule has 8 aliphatic rings. The molecule has 18 atom stereocenters. The van der Waals surface area contributed by atoms with Crippen LogP contribution in [0.5, 0.6) is 11.5 Å². The Hall–Kier alpha value is -1.58. The van der Waals surface area contributed by atoms with Crippen LogP contribution >= 0.6 is 0 Å². The van der Waals surface area contributed by atoms with Gasteiger partial charge in [-0.15, -0.1) is 0 Å². The van der Waals surface area contributed by atoms with Gasteiger partial charge in [-0.3, -0.25) is 0 Å². The number of benzene rings is 1. The van der Waals surface area contributed by atoms with Gasteiger partial charge in [-0.05, 0) is 226 Å². The maximum Gasteiger partial charge on any atom is 0.184 e. The van der Waals surface area contributed by atoms with E-state index in [0.717, 1.165) is 76.8 Å². The Balaban J connectivity index is 0.704. The molecule has 1 aromatic rings. The van der Waals surface area contributed by atoms with Crippen molar-refractivity contribution in [2.45, 2.75) is 222 Å². The van der Waals surface area contributed by atoms with Gasteiger partial charge in [0.05, 0.1) is 18.9 Å². The van der Waals surface area contributed by atoms with Crippen LogP contribution < -0.4 is 20.9 Å². The highest BCUT2D eigenvalue weighted by Crippen LogP contribution is 2.70. The molecule has 9 rings (SSSR count). The average Bonchev–Trinajstić information content (AvgIpc) is 3.81. The van der Waals surface area contributed by atoms with Gasteiger partial charge in [-0.2, -0.15) is 0 Å². The van der Waals surface area contributed by atoms with Crippen molar-refractivity contribution in [3.8, 4) is 11.5 Å². The monoisotopic (exact) mass is 881 g/mol. The van der Waals surface area contributed by atoms with Gasteiger partial charge in [0.2, 0.25) is 0 Å². The molecule has 0 aliphatic heterocycles. The highest BCUT2D eigenvalue weighted by atomic mass is 16.5. The van der Waals surface area contributed by atoms with Crippen LogP contribution in [0.2, 0.25) is 0 Å². The molecule has 8 saturated carbocycles. The summed E-state index contributed by atoms with van der Waals surface area (Å²) in [5, 5.41) is 0. The standard InChI is InChI=1S/C60H100N2O2/c1-39(15-13-17-41(3)48-25-27-50-46-23-21-43-19-9-11-31-57(43,5)52(46)29-33-59(48,50)7)37-63-55-36-45(61)35-54(62)56(55)64-38-40(2)16-14-18-42(4)49-26-28-51-47-24-22-44-20-10-12-32-58(44,6)53(47)30-34-60(49,51)8/h35-36,39-44,46-53H,9-34,37-38,61-62H2,1-8H3/t39?,40?,41-,42-,43?,44?,46+,47+,48-,49-,50+,51+,52+,53+,57+,58+,59-,60-/m1/s1. The number of fused-ring (bicyclic) bond motifs is 10. The third-order valence-corrected chi connectivity index (χ3v) is 23.5. The summed E-state index contributed by atoms with van der Waals surface area (Å²) in [7, 11) is 0. The number of ether oxygens (including phenoxy) is 2. The zero-order valence-electron chi connectivity index (χ0n) is 43.0. The van der Waals surface area contributed by atoms with Crippen molar-refractivity contribution in [2.24, 2.45) is 105 Å². The van der Waals surface area contributed by atoms with E-state index in [1.54, 1.807) is 0 Å². The maximum absolute atomic E-state index is 6.59. The van der Waals surface area contributed by atoms with E-state index in [1.807, 2.05) is 12.1 Å². The van der Waals surface area contributed by atoms with Crippen LogP contribution in [0.25, 0.3) is 0 Å². The largest absolute Gasteiger partial charge is 0.489 e. The molecule has 8 aliphatic carbocycles. The molecule has 0 amide bonds. The summed E-state index contributed by atoms with van der Waals surface area (Å²) in [5.74, 6) is 13.8. The molecule has 4 N–H and O–H groups in total. The lowest BCUT2D eigenvalue weighted by Crippen LogP contribution is -2.53. The fourth-order valence-corrected chi connectivity index (χ4v) is 20.1. The quantitative estimate of drug-likeness (QED) is 0.162. The summed E-state index contributed by atoms with van der Waals surface area (Å²) in [6.07, 6.45) is 37.8. The van der Waals surface area contributed by atoms with Gasteiger partial charge in [0.15, 0.2) is 11.5 Å². The molecular formula is C60H100N2O2. The smallest absolute Gasteiger partial charge is 0.184 e. The molecule has 0 spiro atoms. The van der Waals surface area contributed by atoms with E-state index >= 15 is 0 Å². The molecule has 4 unspecified atom stereocenters. The van der Waals surface area contributed by atoms with Crippen LogP contribution in [0.4, 0.5) is 11.4 Å². The fourth-order valence-electron chi connectivity index (χ4n) is 20.1. The van der Waals surface area contributed by atoms with Crippen molar-refractivity contribution in [1.82, 2.24) is 0 Å². The van der Waals surface area contributed by atoms with Crippen molar-refractivity contribution in [3.63, 3.8) is 0 Å². The molecular weight excluding hydrogens is 781 g/mol. The van der Waals surface area contributed by atoms with E-state index in [-0.39, 0.29) is 0 Å². The number of nitrogens with two attached hydrogens (primary N) is 2. The number of anilines is 2. The lowest BCUT2D eigenvalue weighted by atomic mass is 9.44. The van der Waals surface area contributed by atoms with Crippen molar-refractivity contribution in [2.75, 3.05) is 24.7 Å². The average molecular weight is 881 g/mol. The molecule has 0 bridgehead atoms. The minimum Gasteiger partial charge on any atom is -0.489 e. The highest BCUT2D eigenvalue weighted by Gasteiger charge is 2.61. The Morgan fingerprint density at radius 2 is 0.969 bits per heavy atom. The van der Waals surface area contributed by atoms with Gasteiger partial charge in [-0.25, -0.2) is 0 Å². The van der Waals surface area contributed by atoms with Gasteiger partial charge in [-0.1, -0.05) is 107 Å². The first-order chi connectivity index (χ1) is 30.7. The summed E-state index contributed by atoms with van der Waals surface area (Å²) in [5.41, 5.74) is 16.6. The van der Waals surface area contributed by atoms with Crippen LogP contribution in [0.3, 0.4) is 0 Å². The lowest BCUT2D eigenvalue weighted by Gasteiger charge is -2.61. The fraction of sp³-hybridized carbons (Fsp3) is 0.900. The minimum absolute atomic E-state index is 0.467. The van der Waals surface area contributed by atoms with Gasteiger partial charge < -0.3 is 20.9 Å². The third-order valence-electron chi connectivity index (χ3n) is 23.5. The van der Waals surface area contributed by atoms with E-state index < -0.39 is 0 Å². The zero-order chi connectivity index (χ0) is 45.0. The van der Waals surface area contributed by atoms with Crippen LogP contribution in [-0.2, 0) is 0 Å². The second-order valence-electron chi connectivity index (χ2n) is 26.8. The van der Waals surface area contributed by atoms with Crippen LogP contribution in [0, 0.1) is 105 Å². The van der Waals surface area contributed by atoms with Crippen LogP contribution in [0.1, 0.15) is 222 Å². The summed E-state index contributed by atoms with van der Waals surface area (Å²) >= 11 is 0. The molecule has 4 nitrogen and oxygen atoms in total. The highest BCUT2D eigenvalue weighted by molar-refractivity contribution is 5.67. The zero-order valence-corrected chi connectivity index (χ0v) is 43.0. The van der Waals surface area contributed by atoms with E-state index in [0.29, 0.717) is 63.8 Å². The number of nitrogen functional groups attached to an aromatic ring is 2. The Morgan fingerprint density at radius 3 is 1.47 bits per heavy atom. The summed E-state index contributed by atoms with van der Waals surface area (Å²) < 4.78 is 13.1. The molecule has 8 fully saturated rings. The molecule has 362 valence electrons. The molecule has 64 heavy (non-hydrogen) atoms. The van der Waals surface area contributed by atoms with Gasteiger partial charge in [0.1, 0.15) is 0 Å². The van der Waals surface area contributed by atoms with Crippen molar-refractivity contribution in [3.05, 3.63) is 12.1 Å². The van der Waals surface area contributed by atoms with Crippen LogP contribution in [-0.4, -0.2) is 13.2 Å². The maximum atomic E-state index is 6.59. The molecule has 1 aromatic carbocycles. The van der Waals surface area contributed by atoms with E-state index in [4.69, 9.17) is 20.9 Å². The van der Waals surface area contributed by atoms with Crippen molar-refractivity contribution >= 4 is 11.4 Å². The third kappa shape index (κ3) is 8.72. The van der Waals surface area contributed by atoms with Crippen LogP contribution in [0.15, 0.2) is 12.1 Å². The SMILES string of the molecule is CC(CCC[C@@H](C)[C@H]1CC[C@H]2[C@@H]3CCC4CCCC[C@]4(C)[C@H]3CC[C@]12C)COc1cc(N)cc(N)c1OCC(C)CCC[C@@H](C)[C@H]1CC[C@H]2[C@@H]3CCC4CCCC[C@]4(C)[C@H]3CC[C@]12C.